The molecule has 1 N–H and O–H groups in total. The first kappa shape index (κ1) is 17.4. The summed E-state index contributed by atoms with van der Waals surface area (Å²) in [7, 11) is 0. The maximum atomic E-state index is 12.1. The highest BCUT2D eigenvalue weighted by atomic mass is 16.1. The fraction of sp³-hybridized carbons (Fsp3) is 0.833. The Morgan fingerprint density at radius 3 is 2.71 bits per heavy atom. The average molecular weight is 333 g/mol. The molecule has 2 fully saturated rings. The minimum atomic E-state index is 0.228. The summed E-state index contributed by atoms with van der Waals surface area (Å²) in [6.45, 7) is 7.97. The van der Waals surface area contributed by atoms with E-state index in [0.717, 1.165) is 50.7 Å². The van der Waals surface area contributed by atoms with Crippen LogP contribution in [0.3, 0.4) is 0 Å². The molecule has 3 rings (SSSR count). The predicted octanol–water partition coefficient (Wildman–Crippen LogP) is 2.06. The number of piperidine rings is 1. The van der Waals surface area contributed by atoms with Gasteiger partial charge in [-0.2, -0.15) is 5.10 Å². The van der Waals surface area contributed by atoms with Crippen molar-refractivity contribution in [1.82, 2.24) is 25.0 Å². The summed E-state index contributed by atoms with van der Waals surface area (Å²) in [6.07, 6.45) is 7.93. The second kappa shape index (κ2) is 8.10. The molecule has 1 aromatic heterocycles. The fourth-order valence-corrected chi connectivity index (χ4v) is 4.11. The Bertz CT molecular complexity index is 550. The van der Waals surface area contributed by atoms with Gasteiger partial charge in [0.05, 0.1) is 0 Å². The second-order valence-electron chi connectivity index (χ2n) is 7.50. The van der Waals surface area contributed by atoms with Crippen LogP contribution in [0.2, 0.25) is 0 Å². The lowest BCUT2D eigenvalue weighted by molar-refractivity contribution is -0.122. The lowest BCUT2D eigenvalue weighted by Gasteiger charge is -2.32. The van der Waals surface area contributed by atoms with Gasteiger partial charge < -0.3 is 10.2 Å². The highest BCUT2D eigenvalue weighted by molar-refractivity contribution is 5.76. The summed E-state index contributed by atoms with van der Waals surface area (Å²) >= 11 is 0. The Balaban J connectivity index is 1.41. The van der Waals surface area contributed by atoms with Gasteiger partial charge in [-0.3, -0.25) is 4.79 Å². The molecule has 1 saturated heterocycles. The molecule has 6 nitrogen and oxygen atoms in total. The van der Waals surface area contributed by atoms with Crippen LogP contribution in [0.5, 0.6) is 0 Å². The van der Waals surface area contributed by atoms with E-state index in [1.54, 1.807) is 0 Å². The van der Waals surface area contributed by atoms with Crippen LogP contribution in [-0.2, 0) is 11.3 Å². The number of amides is 1. The first-order chi connectivity index (χ1) is 11.6. The molecule has 24 heavy (non-hydrogen) atoms. The molecule has 6 heteroatoms. The summed E-state index contributed by atoms with van der Waals surface area (Å²) in [5, 5.41) is 7.68. The fourth-order valence-electron chi connectivity index (χ4n) is 4.11. The molecule has 1 atom stereocenters. The largest absolute Gasteiger partial charge is 0.353 e. The molecular weight excluding hydrogens is 302 g/mol. The van der Waals surface area contributed by atoms with Crippen molar-refractivity contribution in [2.45, 2.75) is 71.4 Å². The number of aryl methyl sites for hydroxylation is 2. The van der Waals surface area contributed by atoms with Crippen LogP contribution < -0.4 is 5.32 Å². The minimum absolute atomic E-state index is 0.228. The molecule has 0 aromatic carbocycles. The van der Waals surface area contributed by atoms with E-state index in [2.05, 4.69) is 20.3 Å². The predicted molar refractivity (Wildman–Crippen MR) is 93.7 cm³/mol. The number of hydrogen-bond acceptors (Lipinski definition) is 4. The second-order valence-corrected chi connectivity index (χ2v) is 7.50. The molecule has 2 aliphatic rings. The zero-order valence-corrected chi connectivity index (χ0v) is 15.1. The molecule has 1 aliphatic heterocycles. The van der Waals surface area contributed by atoms with E-state index >= 15 is 0 Å². The third-order valence-corrected chi connectivity index (χ3v) is 5.37. The number of carbonyl (C=O) groups is 1. The standard InChI is InChI=1S/C18H31N5O/c1-14-19-15(2)23(21-14)13-16-6-5-10-22(12-16)11-9-18(24)20-17-7-3-4-8-17/h16-17H,3-13H2,1-2H3,(H,20,24)/t16-/m0/s1. The molecule has 1 amide bonds. The molecule has 1 aromatic rings. The van der Waals surface area contributed by atoms with E-state index in [0.29, 0.717) is 18.4 Å². The summed E-state index contributed by atoms with van der Waals surface area (Å²) in [5.74, 6) is 2.69. The van der Waals surface area contributed by atoms with Crippen molar-refractivity contribution < 1.29 is 4.79 Å². The lowest BCUT2D eigenvalue weighted by Crippen LogP contribution is -2.40. The number of carbonyl (C=O) groups excluding carboxylic acids is 1. The molecule has 0 bridgehead atoms. The molecular formula is C18H31N5O. The topological polar surface area (TPSA) is 63.1 Å². The maximum Gasteiger partial charge on any atom is 0.221 e. The van der Waals surface area contributed by atoms with Crippen molar-refractivity contribution >= 4 is 5.91 Å². The Morgan fingerprint density at radius 2 is 2.00 bits per heavy atom. The minimum Gasteiger partial charge on any atom is -0.353 e. The van der Waals surface area contributed by atoms with Crippen molar-refractivity contribution in [1.29, 1.82) is 0 Å². The normalized spacial score (nSPS) is 22.8. The van der Waals surface area contributed by atoms with E-state index in [-0.39, 0.29) is 5.91 Å². The van der Waals surface area contributed by atoms with Crippen LogP contribution >= 0.6 is 0 Å². The monoisotopic (exact) mass is 333 g/mol. The van der Waals surface area contributed by atoms with Crippen LogP contribution in [-0.4, -0.2) is 51.2 Å². The van der Waals surface area contributed by atoms with Crippen molar-refractivity contribution in [2.24, 2.45) is 5.92 Å². The van der Waals surface area contributed by atoms with Crippen LogP contribution in [0.1, 0.15) is 56.6 Å². The molecule has 0 unspecified atom stereocenters. The average Bonchev–Trinajstić information content (AvgIpc) is 3.16. The van der Waals surface area contributed by atoms with Gasteiger partial charge in [0.2, 0.25) is 5.91 Å². The van der Waals surface area contributed by atoms with Crippen molar-refractivity contribution in [3.05, 3.63) is 11.6 Å². The highest BCUT2D eigenvalue weighted by Crippen LogP contribution is 2.20. The van der Waals surface area contributed by atoms with Gasteiger partial charge in [0.25, 0.3) is 0 Å². The molecule has 1 saturated carbocycles. The summed E-state index contributed by atoms with van der Waals surface area (Å²) in [6, 6.07) is 0.435. The third-order valence-electron chi connectivity index (χ3n) is 5.37. The lowest BCUT2D eigenvalue weighted by atomic mass is 9.98. The summed E-state index contributed by atoms with van der Waals surface area (Å²) < 4.78 is 2.04. The smallest absolute Gasteiger partial charge is 0.221 e. The maximum absolute atomic E-state index is 12.1. The van der Waals surface area contributed by atoms with E-state index < -0.39 is 0 Å². The van der Waals surface area contributed by atoms with Crippen LogP contribution in [0.15, 0.2) is 0 Å². The first-order valence-corrected chi connectivity index (χ1v) is 9.50. The molecule has 1 aliphatic carbocycles. The van der Waals surface area contributed by atoms with E-state index in [9.17, 15) is 4.79 Å². The van der Waals surface area contributed by atoms with Gasteiger partial charge in [-0.25, -0.2) is 9.67 Å². The van der Waals surface area contributed by atoms with Gasteiger partial charge >= 0.3 is 0 Å². The molecule has 0 spiro atoms. The third kappa shape index (κ3) is 4.79. The Kier molecular flexibility index (Phi) is 5.87. The number of aromatic nitrogens is 3. The van der Waals surface area contributed by atoms with E-state index in [1.807, 2.05) is 18.5 Å². The van der Waals surface area contributed by atoms with Gasteiger partial charge in [-0.05, 0) is 52.0 Å². The van der Waals surface area contributed by atoms with Gasteiger partial charge in [0.1, 0.15) is 11.6 Å². The van der Waals surface area contributed by atoms with Gasteiger partial charge in [0.15, 0.2) is 0 Å². The first-order valence-electron chi connectivity index (χ1n) is 9.50. The summed E-state index contributed by atoms with van der Waals surface area (Å²) in [4.78, 5) is 18.9. The zero-order valence-electron chi connectivity index (χ0n) is 15.1. The Morgan fingerprint density at radius 1 is 1.21 bits per heavy atom. The van der Waals surface area contributed by atoms with Crippen molar-refractivity contribution in [3.63, 3.8) is 0 Å². The summed E-state index contributed by atoms with van der Waals surface area (Å²) in [5.41, 5.74) is 0. The Labute approximate surface area is 145 Å². The quantitative estimate of drug-likeness (QED) is 0.865. The SMILES string of the molecule is Cc1nc(C)n(C[C@H]2CCCN(CCC(=O)NC3CCCC3)C2)n1. The molecule has 134 valence electrons. The van der Waals surface area contributed by atoms with Crippen LogP contribution in [0.4, 0.5) is 0 Å². The number of hydrogen-bond donors (Lipinski definition) is 1. The van der Waals surface area contributed by atoms with E-state index in [1.165, 1.54) is 25.7 Å². The van der Waals surface area contributed by atoms with Crippen LogP contribution in [0.25, 0.3) is 0 Å². The van der Waals surface area contributed by atoms with Gasteiger partial charge in [-0.15, -0.1) is 0 Å². The number of nitrogens with zero attached hydrogens (tertiary/aromatic N) is 4. The highest BCUT2D eigenvalue weighted by Gasteiger charge is 2.22. The van der Waals surface area contributed by atoms with Crippen molar-refractivity contribution in [3.8, 4) is 0 Å². The number of likely N-dealkylation sites (tertiary alicyclic amines) is 1. The van der Waals surface area contributed by atoms with E-state index in [4.69, 9.17) is 0 Å². The number of nitrogens with one attached hydrogen (secondary N) is 1. The Hall–Kier alpha value is -1.43. The van der Waals surface area contributed by atoms with Crippen LogP contribution in [0, 0.1) is 19.8 Å². The van der Waals surface area contributed by atoms with Crippen molar-refractivity contribution in [2.75, 3.05) is 19.6 Å². The molecule has 0 radical (unpaired) electrons. The van der Waals surface area contributed by atoms with Gasteiger partial charge in [0, 0.05) is 32.1 Å². The zero-order chi connectivity index (χ0) is 16.9. The molecule has 2 heterocycles. The van der Waals surface area contributed by atoms with Gasteiger partial charge in [-0.1, -0.05) is 12.8 Å². The number of rotatable bonds is 6.